The first-order chi connectivity index (χ1) is 9.67. The normalized spacial score (nSPS) is 10.7. The smallest absolute Gasteiger partial charge is 0.230 e. The van der Waals surface area contributed by atoms with Gasteiger partial charge < -0.3 is 15.8 Å². The number of carbonyl (C=O) groups excluding carboxylic acids is 1. The molecule has 2 aromatic heterocycles. The first kappa shape index (κ1) is 14.8. The van der Waals surface area contributed by atoms with Gasteiger partial charge in [-0.15, -0.1) is 10.2 Å². The summed E-state index contributed by atoms with van der Waals surface area (Å²) in [6.07, 6.45) is 0. The van der Waals surface area contributed by atoms with E-state index in [0.29, 0.717) is 22.6 Å². The van der Waals surface area contributed by atoms with Gasteiger partial charge in [0.2, 0.25) is 11.0 Å². The minimum absolute atomic E-state index is 0.0911. The molecule has 0 aliphatic rings. The van der Waals surface area contributed by atoms with E-state index in [2.05, 4.69) is 25.7 Å². The van der Waals surface area contributed by atoms with Gasteiger partial charge in [-0.05, 0) is 6.07 Å². The number of hydrogen-bond acceptors (Lipinski definition) is 8. The third kappa shape index (κ3) is 4.47. The predicted molar refractivity (Wildman–Crippen MR) is 76.2 cm³/mol. The Morgan fingerprint density at radius 2 is 2.45 bits per heavy atom. The quantitative estimate of drug-likeness (QED) is 0.633. The van der Waals surface area contributed by atoms with Gasteiger partial charge in [-0.25, -0.2) is 0 Å². The van der Waals surface area contributed by atoms with Crippen LogP contribution in [-0.2, 0) is 22.7 Å². The highest BCUT2D eigenvalue weighted by Crippen LogP contribution is 2.22. The Morgan fingerprint density at radius 1 is 1.60 bits per heavy atom. The van der Waals surface area contributed by atoms with Crippen LogP contribution >= 0.6 is 23.1 Å². The molecule has 0 saturated heterocycles. The Kier molecular flexibility index (Phi) is 5.32. The van der Waals surface area contributed by atoms with Crippen LogP contribution in [0.15, 0.2) is 10.4 Å². The van der Waals surface area contributed by atoms with E-state index in [0.717, 1.165) is 11.4 Å². The minimum Gasteiger partial charge on any atom is -0.378 e. The van der Waals surface area contributed by atoms with Crippen LogP contribution in [0.3, 0.4) is 0 Å². The molecule has 0 saturated carbocycles. The van der Waals surface area contributed by atoms with Crippen molar-refractivity contribution in [3.63, 3.8) is 0 Å². The number of carbonyl (C=O) groups is 1. The SMILES string of the molecule is COCc1cc(CNC(=O)CSc2nnc(N)s2)[nH]n1. The number of aromatic nitrogens is 4. The number of nitrogens with zero attached hydrogens (tertiary/aromatic N) is 3. The first-order valence-electron chi connectivity index (χ1n) is 5.68. The lowest BCUT2D eigenvalue weighted by Crippen LogP contribution is -2.24. The van der Waals surface area contributed by atoms with Crippen LogP contribution in [0.5, 0.6) is 0 Å². The number of rotatable bonds is 7. The Bertz CT molecular complexity index is 570. The number of thioether (sulfide) groups is 1. The third-order valence-electron chi connectivity index (χ3n) is 2.20. The highest BCUT2D eigenvalue weighted by atomic mass is 32.2. The summed E-state index contributed by atoms with van der Waals surface area (Å²) in [7, 11) is 1.60. The molecule has 0 fully saturated rings. The van der Waals surface area contributed by atoms with Crippen LogP contribution in [-0.4, -0.2) is 39.2 Å². The summed E-state index contributed by atoms with van der Waals surface area (Å²) in [4.78, 5) is 11.7. The zero-order chi connectivity index (χ0) is 14.4. The molecule has 0 unspecified atom stereocenters. The lowest BCUT2D eigenvalue weighted by atomic mass is 10.3. The molecule has 2 heterocycles. The second-order valence-electron chi connectivity index (χ2n) is 3.79. The molecule has 10 heteroatoms. The van der Waals surface area contributed by atoms with E-state index in [1.807, 2.05) is 6.07 Å². The summed E-state index contributed by atoms with van der Waals surface area (Å²) in [6, 6.07) is 1.85. The van der Waals surface area contributed by atoms with Crippen molar-refractivity contribution in [1.82, 2.24) is 25.7 Å². The maximum atomic E-state index is 11.7. The van der Waals surface area contributed by atoms with Crippen LogP contribution in [0.25, 0.3) is 0 Å². The lowest BCUT2D eigenvalue weighted by molar-refractivity contribution is -0.118. The monoisotopic (exact) mass is 314 g/mol. The molecule has 0 aliphatic heterocycles. The number of nitrogen functional groups attached to an aromatic ring is 1. The minimum atomic E-state index is -0.0911. The molecule has 1 amide bonds. The zero-order valence-electron chi connectivity index (χ0n) is 10.8. The molecule has 20 heavy (non-hydrogen) atoms. The predicted octanol–water partition coefficient (Wildman–Crippen LogP) is 0.398. The molecule has 0 aliphatic carbocycles. The Balaban J connectivity index is 1.71. The van der Waals surface area contributed by atoms with Crippen molar-refractivity contribution in [3.8, 4) is 0 Å². The van der Waals surface area contributed by atoms with E-state index in [4.69, 9.17) is 10.5 Å². The van der Waals surface area contributed by atoms with Crippen LogP contribution in [0.2, 0.25) is 0 Å². The van der Waals surface area contributed by atoms with Gasteiger partial charge in [-0.3, -0.25) is 9.89 Å². The Labute approximate surface area is 123 Å². The van der Waals surface area contributed by atoms with Crippen LogP contribution in [0.4, 0.5) is 5.13 Å². The second kappa shape index (κ2) is 7.22. The largest absolute Gasteiger partial charge is 0.378 e. The third-order valence-corrected chi connectivity index (χ3v) is 4.09. The van der Waals surface area contributed by atoms with Crippen LogP contribution in [0.1, 0.15) is 11.4 Å². The van der Waals surface area contributed by atoms with Gasteiger partial charge in [-0.2, -0.15) is 5.10 Å². The highest BCUT2D eigenvalue weighted by Gasteiger charge is 2.07. The number of hydrogen-bond donors (Lipinski definition) is 3. The van der Waals surface area contributed by atoms with Crippen molar-refractivity contribution in [2.24, 2.45) is 0 Å². The summed E-state index contributed by atoms with van der Waals surface area (Å²) >= 11 is 2.57. The summed E-state index contributed by atoms with van der Waals surface area (Å²) in [5, 5.41) is 17.6. The van der Waals surface area contributed by atoms with Gasteiger partial charge in [-0.1, -0.05) is 23.1 Å². The van der Waals surface area contributed by atoms with Crippen molar-refractivity contribution in [3.05, 3.63) is 17.5 Å². The van der Waals surface area contributed by atoms with E-state index in [1.165, 1.54) is 23.1 Å². The van der Waals surface area contributed by atoms with E-state index < -0.39 is 0 Å². The highest BCUT2D eigenvalue weighted by molar-refractivity contribution is 8.01. The Morgan fingerprint density at radius 3 is 3.15 bits per heavy atom. The van der Waals surface area contributed by atoms with Gasteiger partial charge in [0.05, 0.1) is 30.3 Å². The number of amides is 1. The molecule has 4 N–H and O–H groups in total. The van der Waals surface area contributed by atoms with E-state index in [-0.39, 0.29) is 11.7 Å². The molecule has 8 nitrogen and oxygen atoms in total. The zero-order valence-corrected chi connectivity index (χ0v) is 12.4. The van der Waals surface area contributed by atoms with Gasteiger partial charge in [0, 0.05) is 7.11 Å². The number of anilines is 1. The number of aromatic amines is 1. The molecular formula is C10H14N6O2S2. The fraction of sp³-hybridized carbons (Fsp3) is 0.400. The van der Waals surface area contributed by atoms with Crippen molar-refractivity contribution in [2.75, 3.05) is 18.6 Å². The molecule has 0 spiro atoms. The number of nitrogens with one attached hydrogen (secondary N) is 2. The average molecular weight is 314 g/mol. The summed E-state index contributed by atoms with van der Waals surface area (Å²) < 4.78 is 5.64. The number of ether oxygens (including phenoxy) is 1. The second-order valence-corrected chi connectivity index (χ2v) is 6.02. The lowest BCUT2D eigenvalue weighted by Gasteiger charge is -2.01. The number of methoxy groups -OCH3 is 1. The maximum absolute atomic E-state index is 11.7. The van der Waals surface area contributed by atoms with Crippen molar-refractivity contribution >= 4 is 34.1 Å². The molecule has 0 radical (unpaired) electrons. The van der Waals surface area contributed by atoms with Gasteiger partial charge in [0.15, 0.2) is 4.34 Å². The van der Waals surface area contributed by atoms with Crippen LogP contribution in [0, 0.1) is 0 Å². The molecule has 0 atom stereocenters. The van der Waals surface area contributed by atoms with Crippen molar-refractivity contribution in [1.29, 1.82) is 0 Å². The molecule has 0 aromatic carbocycles. The van der Waals surface area contributed by atoms with Crippen molar-refractivity contribution in [2.45, 2.75) is 17.5 Å². The first-order valence-corrected chi connectivity index (χ1v) is 7.48. The maximum Gasteiger partial charge on any atom is 0.230 e. The van der Waals surface area contributed by atoms with Gasteiger partial charge >= 0.3 is 0 Å². The Hall–Kier alpha value is -1.65. The molecule has 2 rings (SSSR count). The molecular weight excluding hydrogens is 300 g/mol. The number of nitrogens with two attached hydrogens (primary N) is 1. The summed E-state index contributed by atoms with van der Waals surface area (Å²) in [5.74, 6) is 0.180. The molecule has 2 aromatic rings. The molecule has 0 bridgehead atoms. The number of H-pyrrole nitrogens is 1. The fourth-order valence-corrected chi connectivity index (χ4v) is 2.84. The summed E-state index contributed by atoms with van der Waals surface area (Å²) in [5.41, 5.74) is 7.09. The average Bonchev–Trinajstić information content (AvgIpc) is 3.04. The fourth-order valence-electron chi connectivity index (χ4n) is 1.37. The van der Waals surface area contributed by atoms with Crippen LogP contribution < -0.4 is 11.1 Å². The standard InChI is InChI=1S/C10H14N6O2S2/c1-18-4-7-2-6(13-14-7)3-12-8(17)5-19-10-16-15-9(11)20-10/h2H,3-5H2,1H3,(H2,11,15)(H,12,17)(H,13,14). The van der Waals surface area contributed by atoms with Gasteiger partial charge in [0.25, 0.3) is 0 Å². The topological polar surface area (TPSA) is 119 Å². The van der Waals surface area contributed by atoms with Gasteiger partial charge in [0.1, 0.15) is 0 Å². The molecule has 108 valence electrons. The van der Waals surface area contributed by atoms with E-state index in [1.54, 1.807) is 7.11 Å². The van der Waals surface area contributed by atoms with E-state index in [9.17, 15) is 4.79 Å². The van der Waals surface area contributed by atoms with Crippen molar-refractivity contribution < 1.29 is 9.53 Å². The summed E-state index contributed by atoms with van der Waals surface area (Å²) in [6.45, 7) is 0.840. The van der Waals surface area contributed by atoms with E-state index >= 15 is 0 Å².